The molecule has 0 saturated heterocycles. The summed E-state index contributed by atoms with van der Waals surface area (Å²) < 4.78 is 29.3. The lowest BCUT2D eigenvalue weighted by Gasteiger charge is -2.12. The number of H-pyrrole nitrogens is 1. The van der Waals surface area contributed by atoms with Gasteiger partial charge in [0.05, 0.1) is 17.4 Å². The lowest BCUT2D eigenvalue weighted by Crippen LogP contribution is -1.94. The molecule has 34 heavy (non-hydrogen) atoms. The van der Waals surface area contributed by atoms with Gasteiger partial charge < -0.3 is 0 Å². The molecule has 4 rings (SSSR count). The molecule has 0 saturated carbocycles. The van der Waals surface area contributed by atoms with E-state index in [0.717, 1.165) is 64.0 Å². The minimum absolute atomic E-state index is 0.600. The van der Waals surface area contributed by atoms with Crippen LogP contribution in [0.25, 0.3) is 38.3 Å². The molecule has 6 heteroatoms. The van der Waals surface area contributed by atoms with Crippen molar-refractivity contribution in [3.63, 3.8) is 0 Å². The standard InChI is InChI=1S/C26H25F2N3S.C2H6/c1-3-5-6-8-18(27)14-19(28)13-17-15-29-25(22-11-12-32-26(17)22)21-9-10-24-23(16-30-31-24)20(21)7-4-2;1-2/h6,8-16H,3-5,7H2,1-2H3,(H,30,31);1-2H3/b8-6+,18-14+,19-13-;. The molecule has 3 heterocycles. The number of pyridine rings is 1. The van der Waals surface area contributed by atoms with Gasteiger partial charge in [-0.25, -0.2) is 8.78 Å². The highest BCUT2D eigenvalue weighted by Crippen LogP contribution is 2.37. The van der Waals surface area contributed by atoms with E-state index in [1.807, 2.05) is 44.5 Å². The maximum absolute atomic E-state index is 14.5. The van der Waals surface area contributed by atoms with Crippen molar-refractivity contribution in [3.8, 4) is 11.3 Å². The van der Waals surface area contributed by atoms with Crippen LogP contribution in [0.3, 0.4) is 0 Å². The van der Waals surface area contributed by atoms with Crippen molar-refractivity contribution in [1.82, 2.24) is 15.2 Å². The molecule has 0 aliphatic carbocycles. The van der Waals surface area contributed by atoms with Crippen molar-refractivity contribution in [2.24, 2.45) is 0 Å². The fourth-order valence-corrected chi connectivity index (χ4v) is 4.73. The second-order valence-corrected chi connectivity index (χ2v) is 8.56. The number of aryl methyl sites for hydroxylation is 1. The third-order valence-corrected chi connectivity index (χ3v) is 6.27. The van der Waals surface area contributed by atoms with Gasteiger partial charge in [-0.1, -0.05) is 52.7 Å². The SMILES string of the molecule is CC.CCC/C=C/C(F)=C\C(F)=C\c1cnc(-c2ccc3[nH]ncc3c2CCC)c2ccsc12. The van der Waals surface area contributed by atoms with Crippen LogP contribution in [0.5, 0.6) is 0 Å². The Morgan fingerprint density at radius 2 is 1.85 bits per heavy atom. The number of benzene rings is 1. The van der Waals surface area contributed by atoms with Gasteiger partial charge in [-0.2, -0.15) is 5.10 Å². The molecule has 1 aromatic carbocycles. The van der Waals surface area contributed by atoms with Gasteiger partial charge in [0.25, 0.3) is 0 Å². The van der Waals surface area contributed by atoms with Gasteiger partial charge in [0.15, 0.2) is 0 Å². The van der Waals surface area contributed by atoms with Crippen LogP contribution < -0.4 is 0 Å². The molecule has 1 N–H and O–H groups in total. The molecule has 0 fully saturated rings. The number of hydrogen-bond donors (Lipinski definition) is 1. The van der Waals surface area contributed by atoms with Crippen molar-refractivity contribution < 1.29 is 8.78 Å². The van der Waals surface area contributed by atoms with Crippen LogP contribution >= 0.6 is 11.3 Å². The Morgan fingerprint density at radius 1 is 1.03 bits per heavy atom. The second-order valence-electron chi connectivity index (χ2n) is 7.65. The summed E-state index contributed by atoms with van der Waals surface area (Å²) in [6.07, 6.45) is 12.4. The Morgan fingerprint density at radius 3 is 2.62 bits per heavy atom. The van der Waals surface area contributed by atoms with Crippen LogP contribution in [0.15, 0.2) is 65.9 Å². The van der Waals surface area contributed by atoms with Crippen LogP contribution in [0.4, 0.5) is 8.78 Å². The topological polar surface area (TPSA) is 41.6 Å². The van der Waals surface area contributed by atoms with Crippen LogP contribution in [0, 0.1) is 0 Å². The number of nitrogens with one attached hydrogen (secondary N) is 1. The number of thiophene rings is 1. The second kappa shape index (κ2) is 12.4. The first-order valence-corrected chi connectivity index (χ1v) is 12.7. The van der Waals surface area contributed by atoms with Gasteiger partial charge in [0, 0.05) is 38.9 Å². The van der Waals surface area contributed by atoms with Gasteiger partial charge in [-0.3, -0.25) is 10.1 Å². The number of aromatic amines is 1. The summed E-state index contributed by atoms with van der Waals surface area (Å²) in [5.41, 5.74) is 4.78. The molecule has 4 aromatic rings. The highest BCUT2D eigenvalue weighted by atomic mass is 32.1. The third-order valence-electron chi connectivity index (χ3n) is 5.31. The molecule has 0 aliphatic rings. The first kappa shape index (κ1) is 25.5. The Labute approximate surface area is 203 Å². The molecule has 0 radical (unpaired) electrons. The fourth-order valence-electron chi connectivity index (χ4n) is 3.85. The van der Waals surface area contributed by atoms with E-state index in [9.17, 15) is 8.78 Å². The van der Waals surface area contributed by atoms with Gasteiger partial charge in [0.1, 0.15) is 11.7 Å². The minimum atomic E-state index is -0.639. The molecule has 0 aliphatic heterocycles. The van der Waals surface area contributed by atoms with Crippen molar-refractivity contribution in [1.29, 1.82) is 0 Å². The van der Waals surface area contributed by atoms with Crippen molar-refractivity contribution in [2.45, 2.75) is 53.4 Å². The Bertz CT molecular complexity index is 1330. The number of halogens is 2. The number of hydrogen-bond acceptors (Lipinski definition) is 3. The van der Waals surface area contributed by atoms with Gasteiger partial charge in [0.2, 0.25) is 0 Å². The lowest BCUT2D eigenvalue weighted by atomic mass is 9.95. The molecule has 0 bridgehead atoms. The molecule has 0 unspecified atom stereocenters. The van der Waals surface area contributed by atoms with Crippen molar-refractivity contribution in [3.05, 3.63) is 77.0 Å². The van der Waals surface area contributed by atoms with Crippen molar-refractivity contribution in [2.75, 3.05) is 0 Å². The van der Waals surface area contributed by atoms with E-state index in [2.05, 4.69) is 23.2 Å². The van der Waals surface area contributed by atoms with Crippen LogP contribution in [-0.2, 0) is 6.42 Å². The maximum Gasteiger partial charge on any atom is 0.126 e. The zero-order valence-electron chi connectivity index (χ0n) is 20.2. The van der Waals surface area contributed by atoms with E-state index in [4.69, 9.17) is 4.98 Å². The summed E-state index contributed by atoms with van der Waals surface area (Å²) in [5, 5.41) is 11.3. The molecule has 178 valence electrons. The summed E-state index contributed by atoms with van der Waals surface area (Å²) in [6.45, 7) is 8.16. The summed E-state index contributed by atoms with van der Waals surface area (Å²) in [4.78, 5) is 4.71. The number of unbranched alkanes of at least 4 members (excludes halogenated alkanes) is 1. The quantitative estimate of drug-likeness (QED) is 0.256. The number of nitrogens with zero attached hydrogens (tertiary/aromatic N) is 2. The first-order valence-electron chi connectivity index (χ1n) is 11.8. The number of fused-ring (bicyclic) bond motifs is 2. The summed E-state index contributed by atoms with van der Waals surface area (Å²) in [5.74, 6) is -1.24. The van der Waals surface area contributed by atoms with Gasteiger partial charge in [-0.15, -0.1) is 11.3 Å². The molecule has 0 spiro atoms. The highest BCUT2D eigenvalue weighted by molar-refractivity contribution is 7.17. The van der Waals surface area contributed by atoms with Crippen LogP contribution in [0.1, 0.15) is 58.1 Å². The van der Waals surface area contributed by atoms with E-state index in [-0.39, 0.29) is 0 Å². The molecule has 3 nitrogen and oxygen atoms in total. The zero-order chi connectivity index (χ0) is 24.5. The lowest BCUT2D eigenvalue weighted by molar-refractivity contribution is 0.634. The van der Waals surface area contributed by atoms with Gasteiger partial charge >= 0.3 is 0 Å². The van der Waals surface area contributed by atoms with Gasteiger partial charge in [-0.05, 0) is 48.1 Å². The van der Waals surface area contributed by atoms with E-state index in [0.29, 0.717) is 5.56 Å². The van der Waals surface area contributed by atoms with E-state index in [1.165, 1.54) is 29.1 Å². The Kier molecular flexibility index (Phi) is 9.28. The smallest absolute Gasteiger partial charge is 0.126 e. The minimum Gasteiger partial charge on any atom is -0.278 e. The highest BCUT2D eigenvalue weighted by Gasteiger charge is 2.16. The maximum atomic E-state index is 14.5. The fraction of sp³-hybridized carbons (Fsp3) is 0.286. The number of allylic oxidation sites excluding steroid dienone is 5. The number of aromatic nitrogens is 3. The molecule has 0 atom stereocenters. The predicted octanol–water partition coefficient (Wildman–Crippen LogP) is 9.34. The summed E-state index contributed by atoms with van der Waals surface area (Å²) in [6, 6.07) is 6.10. The van der Waals surface area contributed by atoms with Crippen LogP contribution in [-0.4, -0.2) is 15.2 Å². The van der Waals surface area contributed by atoms with Crippen LogP contribution in [0.2, 0.25) is 0 Å². The monoisotopic (exact) mass is 479 g/mol. The summed E-state index contributed by atoms with van der Waals surface area (Å²) >= 11 is 1.53. The molecule has 0 amide bonds. The van der Waals surface area contributed by atoms with Crippen molar-refractivity contribution >= 4 is 38.4 Å². The predicted molar refractivity (Wildman–Crippen MR) is 142 cm³/mol. The average molecular weight is 480 g/mol. The van der Waals surface area contributed by atoms with E-state index >= 15 is 0 Å². The normalized spacial score (nSPS) is 12.5. The molecule has 3 aromatic heterocycles. The number of rotatable bonds is 8. The third kappa shape index (κ3) is 5.68. The average Bonchev–Trinajstić information content (AvgIpc) is 3.52. The molecular weight excluding hydrogens is 448 g/mol. The Balaban J connectivity index is 0.00000158. The summed E-state index contributed by atoms with van der Waals surface area (Å²) in [7, 11) is 0. The Hall–Kier alpha value is -3.12. The largest absolute Gasteiger partial charge is 0.278 e. The first-order chi connectivity index (χ1) is 16.6. The van der Waals surface area contributed by atoms with E-state index < -0.39 is 11.7 Å². The van der Waals surface area contributed by atoms with E-state index in [1.54, 1.807) is 12.3 Å². The zero-order valence-corrected chi connectivity index (χ0v) is 21.0. The molecular formula is C28H31F2N3S.